The van der Waals surface area contributed by atoms with Gasteiger partial charge in [0.1, 0.15) is 23.1 Å². The van der Waals surface area contributed by atoms with Gasteiger partial charge in [-0.2, -0.15) is 0 Å². The second kappa shape index (κ2) is 5.41. The van der Waals surface area contributed by atoms with Gasteiger partial charge >= 0.3 is 0 Å². The van der Waals surface area contributed by atoms with Crippen molar-refractivity contribution in [2.24, 2.45) is 5.92 Å². The molecule has 1 aliphatic heterocycles. The first-order chi connectivity index (χ1) is 11.1. The van der Waals surface area contributed by atoms with E-state index in [9.17, 15) is 4.79 Å². The molecule has 1 amide bonds. The van der Waals surface area contributed by atoms with E-state index in [4.69, 9.17) is 0 Å². The van der Waals surface area contributed by atoms with Gasteiger partial charge in [0.05, 0.1) is 0 Å². The molecule has 0 saturated heterocycles. The first-order valence-corrected chi connectivity index (χ1v) is 8.46. The Balaban J connectivity index is 1.60. The first-order valence-electron chi connectivity index (χ1n) is 7.64. The van der Waals surface area contributed by atoms with Crippen molar-refractivity contribution in [1.82, 2.24) is 20.2 Å². The molecule has 0 radical (unpaired) electrons. The molecule has 1 aliphatic carbocycles. The van der Waals surface area contributed by atoms with E-state index in [0.29, 0.717) is 28.4 Å². The van der Waals surface area contributed by atoms with Crippen molar-refractivity contribution >= 4 is 39.7 Å². The Hall–Kier alpha value is -2.29. The minimum Gasteiger partial charge on any atom is -0.356 e. The van der Waals surface area contributed by atoms with Crippen molar-refractivity contribution in [2.75, 3.05) is 16.0 Å². The molecule has 23 heavy (non-hydrogen) atoms. The van der Waals surface area contributed by atoms with Crippen LogP contribution in [0.15, 0.2) is 6.33 Å². The van der Waals surface area contributed by atoms with Crippen LogP contribution < -0.4 is 16.0 Å². The zero-order valence-electron chi connectivity index (χ0n) is 12.8. The van der Waals surface area contributed by atoms with E-state index in [-0.39, 0.29) is 17.9 Å². The van der Waals surface area contributed by atoms with Crippen molar-refractivity contribution in [3.63, 3.8) is 0 Å². The normalized spacial score (nSPS) is 20.0. The summed E-state index contributed by atoms with van der Waals surface area (Å²) < 4.78 is 0. The lowest BCUT2D eigenvalue weighted by Gasteiger charge is -2.28. The summed E-state index contributed by atoms with van der Waals surface area (Å²) in [5, 5.41) is 19.3. The molecular formula is C14H17N7OS. The van der Waals surface area contributed by atoms with Gasteiger partial charge in [-0.3, -0.25) is 4.79 Å². The number of carbonyl (C=O) groups excluding carboxylic acids is 1. The van der Waals surface area contributed by atoms with Crippen LogP contribution in [0.25, 0.3) is 0 Å². The van der Waals surface area contributed by atoms with E-state index in [1.54, 1.807) is 0 Å². The summed E-state index contributed by atoms with van der Waals surface area (Å²) >= 11 is 1.53. The summed E-state index contributed by atoms with van der Waals surface area (Å²) in [6.45, 7) is 3.98. The van der Waals surface area contributed by atoms with Crippen LogP contribution in [0.2, 0.25) is 0 Å². The van der Waals surface area contributed by atoms with Crippen molar-refractivity contribution in [3.8, 4) is 0 Å². The van der Waals surface area contributed by atoms with Gasteiger partial charge in [0.15, 0.2) is 11.6 Å². The molecule has 2 aromatic heterocycles. The number of aromatic nitrogens is 4. The number of nitrogens with one attached hydrogen (secondary N) is 3. The van der Waals surface area contributed by atoms with Crippen LogP contribution >= 0.6 is 11.3 Å². The lowest BCUT2D eigenvalue weighted by Crippen LogP contribution is -2.43. The number of carbonyl (C=O) groups is 1. The highest BCUT2D eigenvalue weighted by Crippen LogP contribution is 2.42. The molecule has 1 fully saturated rings. The Morgan fingerprint density at radius 1 is 1.30 bits per heavy atom. The number of hydrogen-bond donors (Lipinski definition) is 3. The minimum absolute atomic E-state index is 0.0821. The molecule has 120 valence electrons. The molecule has 2 aromatic rings. The number of nitrogens with zero attached hydrogens (tertiary/aromatic N) is 4. The third kappa shape index (κ3) is 2.72. The molecule has 2 aliphatic rings. The van der Waals surface area contributed by atoms with E-state index in [0.717, 1.165) is 5.01 Å². The molecule has 9 heteroatoms. The van der Waals surface area contributed by atoms with Gasteiger partial charge in [-0.15, -0.1) is 10.2 Å². The summed E-state index contributed by atoms with van der Waals surface area (Å²) in [6.07, 6.45) is 3.84. The van der Waals surface area contributed by atoms with Crippen LogP contribution in [0.4, 0.5) is 22.5 Å². The Morgan fingerprint density at radius 3 is 2.87 bits per heavy atom. The summed E-state index contributed by atoms with van der Waals surface area (Å²) in [4.78, 5) is 20.7. The van der Waals surface area contributed by atoms with Gasteiger partial charge in [0.25, 0.3) is 0 Å². The Labute approximate surface area is 137 Å². The van der Waals surface area contributed by atoms with E-state index < -0.39 is 0 Å². The highest BCUT2D eigenvalue weighted by atomic mass is 32.1. The molecule has 0 aromatic carbocycles. The van der Waals surface area contributed by atoms with Crippen LogP contribution in [0.3, 0.4) is 0 Å². The van der Waals surface area contributed by atoms with Gasteiger partial charge in [-0.05, 0) is 18.8 Å². The second-order valence-corrected chi connectivity index (χ2v) is 7.15. The van der Waals surface area contributed by atoms with E-state index >= 15 is 0 Å². The average molecular weight is 331 g/mol. The minimum atomic E-state index is -0.298. The van der Waals surface area contributed by atoms with Gasteiger partial charge in [-0.25, -0.2) is 9.97 Å². The maximum Gasteiger partial charge on any atom is 0.247 e. The Bertz CT molecular complexity index is 755. The van der Waals surface area contributed by atoms with E-state index in [1.807, 2.05) is 13.8 Å². The Kier molecular flexibility index (Phi) is 3.37. The second-order valence-electron chi connectivity index (χ2n) is 6.15. The molecular weight excluding hydrogens is 314 g/mol. The van der Waals surface area contributed by atoms with Gasteiger partial charge in [0, 0.05) is 5.92 Å². The predicted molar refractivity (Wildman–Crippen MR) is 88.1 cm³/mol. The largest absolute Gasteiger partial charge is 0.356 e. The fourth-order valence-corrected chi connectivity index (χ4v) is 3.38. The lowest BCUT2D eigenvalue weighted by atomic mass is 10.0. The summed E-state index contributed by atoms with van der Waals surface area (Å²) in [7, 11) is 0. The van der Waals surface area contributed by atoms with Crippen LogP contribution in [0.1, 0.15) is 37.6 Å². The fraction of sp³-hybridized carbons (Fsp3) is 0.500. The zero-order valence-corrected chi connectivity index (χ0v) is 13.6. The highest BCUT2D eigenvalue weighted by molar-refractivity contribution is 7.15. The van der Waals surface area contributed by atoms with Gasteiger partial charge in [0.2, 0.25) is 11.0 Å². The molecule has 1 saturated carbocycles. The molecule has 0 spiro atoms. The van der Waals surface area contributed by atoms with E-state index in [2.05, 4.69) is 36.1 Å². The van der Waals surface area contributed by atoms with Crippen LogP contribution in [-0.2, 0) is 4.79 Å². The third-order valence-corrected chi connectivity index (χ3v) is 4.93. The monoisotopic (exact) mass is 331 g/mol. The van der Waals surface area contributed by atoms with Crippen molar-refractivity contribution in [2.45, 2.75) is 38.6 Å². The third-order valence-electron chi connectivity index (χ3n) is 3.93. The van der Waals surface area contributed by atoms with Gasteiger partial charge < -0.3 is 16.0 Å². The lowest BCUT2D eigenvalue weighted by molar-refractivity contribution is -0.117. The predicted octanol–water partition coefficient (Wildman–Crippen LogP) is 2.34. The van der Waals surface area contributed by atoms with Crippen molar-refractivity contribution < 1.29 is 4.79 Å². The average Bonchev–Trinajstić information content (AvgIpc) is 3.27. The van der Waals surface area contributed by atoms with Gasteiger partial charge in [-0.1, -0.05) is 25.2 Å². The quantitative estimate of drug-likeness (QED) is 0.789. The molecule has 3 N–H and O–H groups in total. The van der Waals surface area contributed by atoms with E-state index in [1.165, 1.54) is 30.5 Å². The summed E-state index contributed by atoms with van der Waals surface area (Å²) in [6, 6.07) is -0.298. The number of hydrogen-bond acceptors (Lipinski definition) is 8. The molecule has 4 rings (SSSR count). The highest BCUT2D eigenvalue weighted by Gasteiger charge is 2.31. The standard InChI is InChI=1S/C14H17N7OS/c1-6(2)8-12(22)18-9-10(17-8)15-5-16-11(9)19-14-21-20-13(23-14)7-3-4-7/h5-8H,3-4H2,1-2H3,(H,18,22)(H2,15,16,17,19,21). The molecule has 1 atom stereocenters. The number of amides is 1. The molecule has 3 heterocycles. The topological polar surface area (TPSA) is 105 Å². The van der Waals surface area contributed by atoms with Crippen molar-refractivity contribution in [3.05, 3.63) is 11.3 Å². The summed E-state index contributed by atoms with van der Waals surface area (Å²) in [5.74, 6) is 1.79. The molecule has 0 bridgehead atoms. The molecule has 8 nitrogen and oxygen atoms in total. The SMILES string of the molecule is CC(C)C1Nc2ncnc(Nc3nnc(C4CC4)s3)c2NC1=O. The summed E-state index contributed by atoms with van der Waals surface area (Å²) in [5.41, 5.74) is 0.553. The fourth-order valence-electron chi connectivity index (χ4n) is 2.47. The first kappa shape index (κ1) is 14.3. The van der Waals surface area contributed by atoms with Crippen LogP contribution in [0.5, 0.6) is 0 Å². The zero-order chi connectivity index (χ0) is 16.0. The molecule has 1 unspecified atom stereocenters. The maximum absolute atomic E-state index is 12.2. The number of rotatable bonds is 4. The Morgan fingerprint density at radius 2 is 2.13 bits per heavy atom. The van der Waals surface area contributed by atoms with Crippen molar-refractivity contribution in [1.29, 1.82) is 0 Å². The van der Waals surface area contributed by atoms with Crippen LogP contribution in [-0.4, -0.2) is 32.1 Å². The smallest absolute Gasteiger partial charge is 0.247 e. The number of anilines is 4. The number of fused-ring (bicyclic) bond motifs is 1. The maximum atomic E-state index is 12.2. The van der Waals surface area contributed by atoms with Crippen LogP contribution in [0, 0.1) is 5.92 Å².